The Balaban J connectivity index is 1.61. The first-order chi connectivity index (χ1) is 18.6. The average molecular weight is 525 g/mol. The number of nitrogens with one attached hydrogen (secondary N) is 2. The molecule has 1 unspecified atom stereocenters. The smallest absolute Gasteiger partial charge is 0.223 e. The van der Waals surface area contributed by atoms with E-state index in [-0.39, 0.29) is 17.2 Å². The fourth-order valence-electron chi connectivity index (χ4n) is 4.55. The molecule has 0 spiro atoms. The van der Waals surface area contributed by atoms with E-state index in [9.17, 15) is 4.79 Å². The lowest BCUT2D eigenvalue weighted by Gasteiger charge is -2.20. The molecule has 0 saturated carbocycles. The predicted octanol–water partition coefficient (Wildman–Crippen LogP) is 6.96. The zero-order valence-corrected chi connectivity index (χ0v) is 24.0. The van der Waals surface area contributed by atoms with Gasteiger partial charge in [-0.25, -0.2) is 4.98 Å². The van der Waals surface area contributed by atoms with Gasteiger partial charge in [0.25, 0.3) is 0 Å². The number of aromatic nitrogens is 2. The van der Waals surface area contributed by atoms with Gasteiger partial charge in [-0.3, -0.25) is 9.78 Å². The lowest BCUT2D eigenvalue weighted by molar-refractivity contribution is -0.124. The Bertz CT molecular complexity index is 1420. The molecule has 1 amide bonds. The summed E-state index contributed by atoms with van der Waals surface area (Å²) in [7, 11) is 1.67. The van der Waals surface area contributed by atoms with Gasteiger partial charge < -0.3 is 15.4 Å². The molecule has 0 aliphatic heterocycles. The summed E-state index contributed by atoms with van der Waals surface area (Å²) in [6.45, 7) is 11.9. The Morgan fingerprint density at radius 2 is 1.82 bits per heavy atom. The Morgan fingerprint density at radius 3 is 2.51 bits per heavy atom. The Labute approximate surface area is 232 Å². The summed E-state index contributed by atoms with van der Waals surface area (Å²) < 4.78 is 5.29. The zero-order valence-electron chi connectivity index (χ0n) is 24.0. The SMILES string of the molecule is COc1ccc(CNc2nc3ccc(-c4ncccc4C)cc3cc2CC(C)C(=O)NCCC(C)(C)C)cc1. The van der Waals surface area contributed by atoms with Gasteiger partial charge in [-0.05, 0) is 78.3 Å². The number of hydrogen-bond donors (Lipinski definition) is 2. The van der Waals surface area contributed by atoms with E-state index in [0.29, 0.717) is 19.5 Å². The minimum atomic E-state index is -0.188. The van der Waals surface area contributed by atoms with E-state index < -0.39 is 0 Å². The molecular formula is C33H40N4O2. The monoisotopic (exact) mass is 524 g/mol. The van der Waals surface area contributed by atoms with E-state index in [2.05, 4.69) is 67.6 Å². The van der Waals surface area contributed by atoms with Crippen molar-refractivity contribution < 1.29 is 9.53 Å². The van der Waals surface area contributed by atoms with Crippen LogP contribution < -0.4 is 15.4 Å². The molecular weight excluding hydrogens is 484 g/mol. The quantitative estimate of drug-likeness (QED) is 0.235. The molecule has 6 nitrogen and oxygen atoms in total. The summed E-state index contributed by atoms with van der Waals surface area (Å²) in [5, 5.41) is 7.68. The van der Waals surface area contributed by atoms with Crippen molar-refractivity contribution in [3.05, 3.63) is 83.6 Å². The molecule has 0 bridgehead atoms. The van der Waals surface area contributed by atoms with Crippen molar-refractivity contribution in [1.82, 2.24) is 15.3 Å². The number of carbonyl (C=O) groups is 1. The molecule has 0 radical (unpaired) electrons. The Hall–Kier alpha value is -3.93. The lowest BCUT2D eigenvalue weighted by atomic mass is 9.92. The molecule has 0 fully saturated rings. The molecule has 6 heteroatoms. The molecule has 1 atom stereocenters. The van der Waals surface area contributed by atoms with Crippen molar-refractivity contribution in [3.63, 3.8) is 0 Å². The number of aryl methyl sites for hydroxylation is 1. The second-order valence-corrected chi connectivity index (χ2v) is 11.5. The molecule has 204 valence electrons. The topological polar surface area (TPSA) is 76.1 Å². The van der Waals surface area contributed by atoms with Crippen molar-refractivity contribution in [2.75, 3.05) is 19.0 Å². The van der Waals surface area contributed by atoms with Gasteiger partial charge in [0.15, 0.2) is 0 Å². The van der Waals surface area contributed by atoms with Crippen LogP contribution in [0.3, 0.4) is 0 Å². The van der Waals surface area contributed by atoms with Gasteiger partial charge in [-0.1, -0.05) is 52.0 Å². The highest BCUT2D eigenvalue weighted by Gasteiger charge is 2.18. The number of benzene rings is 2. The molecule has 2 heterocycles. The van der Waals surface area contributed by atoms with Crippen LogP contribution in [0.1, 0.15) is 50.8 Å². The van der Waals surface area contributed by atoms with Gasteiger partial charge in [0.2, 0.25) is 5.91 Å². The molecule has 2 N–H and O–H groups in total. The van der Waals surface area contributed by atoms with Crippen molar-refractivity contribution in [2.45, 2.75) is 54.0 Å². The first-order valence-electron chi connectivity index (χ1n) is 13.6. The fraction of sp³-hybridized carbons (Fsp3) is 0.364. The van der Waals surface area contributed by atoms with E-state index in [1.54, 1.807) is 7.11 Å². The number of amides is 1. The van der Waals surface area contributed by atoms with Crippen LogP contribution in [-0.4, -0.2) is 29.5 Å². The number of fused-ring (bicyclic) bond motifs is 1. The van der Waals surface area contributed by atoms with Crippen LogP contribution in [0.2, 0.25) is 0 Å². The van der Waals surface area contributed by atoms with Crippen molar-refractivity contribution in [2.24, 2.45) is 11.3 Å². The number of nitrogens with zero attached hydrogens (tertiary/aromatic N) is 2. The van der Waals surface area contributed by atoms with Crippen LogP contribution in [0.25, 0.3) is 22.2 Å². The average Bonchev–Trinajstić information content (AvgIpc) is 2.91. The molecule has 4 rings (SSSR count). The number of anilines is 1. The fourth-order valence-corrected chi connectivity index (χ4v) is 4.55. The summed E-state index contributed by atoms with van der Waals surface area (Å²) >= 11 is 0. The molecule has 2 aromatic carbocycles. The lowest BCUT2D eigenvalue weighted by Crippen LogP contribution is -2.32. The number of rotatable bonds is 10. The Morgan fingerprint density at radius 1 is 1.05 bits per heavy atom. The van der Waals surface area contributed by atoms with Gasteiger partial charge >= 0.3 is 0 Å². The molecule has 4 aromatic rings. The zero-order chi connectivity index (χ0) is 28.0. The summed E-state index contributed by atoms with van der Waals surface area (Å²) in [4.78, 5) is 22.5. The van der Waals surface area contributed by atoms with E-state index in [0.717, 1.165) is 56.8 Å². The van der Waals surface area contributed by atoms with Crippen LogP contribution in [0, 0.1) is 18.3 Å². The van der Waals surface area contributed by atoms with Crippen LogP contribution in [0.4, 0.5) is 5.82 Å². The minimum absolute atomic E-state index is 0.0679. The molecule has 0 saturated heterocycles. The first kappa shape index (κ1) is 28.1. The van der Waals surface area contributed by atoms with E-state index >= 15 is 0 Å². The number of carbonyl (C=O) groups excluding carboxylic acids is 1. The molecule has 39 heavy (non-hydrogen) atoms. The standard InChI is InChI=1S/C33H40N4O2/c1-22-8-7-16-34-30(22)25-11-14-29-26(19-25)20-27(18-23(2)32(38)35-17-15-33(3,4)5)31(37-29)36-21-24-9-12-28(39-6)13-10-24/h7-14,16,19-20,23H,15,17-18,21H2,1-6H3,(H,35,38)(H,36,37). The highest BCUT2D eigenvalue weighted by atomic mass is 16.5. The molecule has 2 aromatic heterocycles. The number of ether oxygens (including phenoxy) is 1. The maximum absolute atomic E-state index is 13.0. The maximum atomic E-state index is 13.0. The number of hydrogen-bond acceptors (Lipinski definition) is 5. The third-order valence-corrected chi connectivity index (χ3v) is 6.94. The molecule has 0 aliphatic rings. The van der Waals surface area contributed by atoms with E-state index in [4.69, 9.17) is 9.72 Å². The normalized spacial score (nSPS) is 12.3. The van der Waals surface area contributed by atoms with Crippen LogP contribution in [-0.2, 0) is 17.8 Å². The third kappa shape index (κ3) is 7.56. The van der Waals surface area contributed by atoms with Gasteiger partial charge in [-0.2, -0.15) is 0 Å². The van der Waals surface area contributed by atoms with Crippen LogP contribution in [0.15, 0.2) is 66.9 Å². The molecule has 0 aliphatic carbocycles. The third-order valence-electron chi connectivity index (χ3n) is 6.94. The van der Waals surface area contributed by atoms with Crippen LogP contribution >= 0.6 is 0 Å². The van der Waals surface area contributed by atoms with Gasteiger partial charge in [0.05, 0.1) is 18.3 Å². The number of methoxy groups -OCH3 is 1. The van der Waals surface area contributed by atoms with Crippen molar-refractivity contribution >= 4 is 22.6 Å². The largest absolute Gasteiger partial charge is 0.497 e. The Kier molecular flexibility index (Phi) is 8.85. The second kappa shape index (κ2) is 12.3. The highest BCUT2D eigenvalue weighted by Crippen LogP contribution is 2.29. The summed E-state index contributed by atoms with van der Waals surface area (Å²) in [6, 6.07) is 20.4. The van der Waals surface area contributed by atoms with E-state index in [1.807, 2.05) is 49.5 Å². The van der Waals surface area contributed by atoms with Gasteiger partial charge in [-0.15, -0.1) is 0 Å². The van der Waals surface area contributed by atoms with Crippen LogP contribution in [0.5, 0.6) is 5.75 Å². The van der Waals surface area contributed by atoms with Crippen molar-refractivity contribution in [3.8, 4) is 17.0 Å². The second-order valence-electron chi connectivity index (χ2n) is 11.5. The van der Waals surface area contributed by atoms with Gasteiger partial charge in [0, 0.05) is 36.2 Å². The van der Waals surface area contributed by atoms with Gasteiger partial charge in [0.1, 0.15) is 11.6 Å². The summed E-state index contributed by atoms with van der Waals surface area (Å²) in [6.07, 6.45) is 3.35. The summed E-state index contributed by atoms with van der Waals surface area (Å²) in [5.41, 5.74) is 6.37. The summed E-state index contributed by atoms with van der Waals surface area (Å²) in [5.74, 6) is 1.51. The van der Waals surface area contributed by atoms with Crippen molar-refractivity contribution in [1.29, 1.82) is 0 Å². The maximum Gasteiger partial charge on any atom is 0.223 e. The minimum Gasteiger partial charge on any atom is -0.497 e. The first-order valence-corrected chi connectivity index (χ1v) is 13.6. The highest BCUT2D eigenvalue weighted by molar-refractivity contribution is 5.87. The van der Waals surface area contributed by atoms with E-state index in [1.165, 1.54) is 0 Å². The predicted molar refractivity (Wildman–Crippen MR) is 160 cm³/mol. The number of pyridine rings is 2.